The van der Waals surface area contributed by atoms with Crippen LogP contribution in [0.3, 0.4) is 0 Å². The predicted octanol–water partition coefficient (Wildman–Crippen LogP) is 3.70. The molecule has 21 heavy (non-hydrogen) atoms. The van der Waals surface area contributed by atoms with Crippen LogP contribution in [0.2, 0.25) is 0 Å². The number of guanidine groups is 1. The van der Waals surface area contributed by atoms with E-state index in [0.717, 1.165) is 10.9 Å². The highest BCUT2D eigenvalue weighted by atomic mass is 127. The highest BCUT2D eigenvalue weighted by molar-refractivity contribution is 14.0. The van der Waals surface area contributed by atoms with Gasteiger partial charge in [-0.1, -0.05) is 0 Å². The standard InChI is InChI=1S/C15H20FN3O.HI/c1-9-11-7-10(16)5-6-12(11)20-13(9)8-18-14(17)19-15(2,3)4;/h5-7H,8H2,1-4H3,(H3,17,18,19);1H. The molecule has 0 radical (unpaired) electrons. The van der Waals surface area contributed by atoms with Crippen LogP contribution in [0.5, 0.6) is 0 Å². The number of hydrogen-bond donors (Lipinski definition) is 2. The molecule has 1 heterocycles. The summed E-state index contributed by atoms with van der Waals surface area (Å²) in [6, 6.07) is 4.48. The molecule has 2 aromatic rings. The van der Waals surface area contributed by atoms with Gasteiger partial charge in [0, 0.05) is 16.5 Å². The van der Waals surface area contributed by atoms with Crippen LogP contribution in [0.1, 0.15) is 32.1 Å². The number of rotatable bonds is 2. The van der Waals surface area contributed by atoms with Crippen molar-refractivity contribution >= 4 is 40.9 Å². The monoisotopic (exact) mass is 405 g/mol. The fraction of sp³-hybridized carbons (Fsp3) is 0.400. The number of aryl methyl sites for hydroxylation is 1. The SMILES string of the molecule is Cc1c(CN=C(N)NC(C)(C)C)oc2ccc(F)cc12.I. The summed E-state index contributed by atoms with van der Waals surface area (Å²) in [6.45, 7) is 8.24. The van der Waals surface area contributed by atoms with Gasteiger partial charge in [0.25, 0.3) is 0 Å². The Morgan fingerprint density at radius 3 is 2.67 bits per heavy atom. The fourth-order valence-corrected chi connectivity index (χ4v) is 1.98. The van der Waals surface area contributed by atoms with E-state index in [9.17, 15) is 4.39 Å². The Balaban J connectivity index is 0.00000220. The summed E-state index contributed by atoms with van der Waals surface area (Å²) in [5, 5.41) is 3.85. The topological polar surface area (TPSA) is 63.5 Å². The minimum atomic E-state index is -0.273. The molecule has 4 nitrogen and oxygen atoms in total. The first-order valence-electron chi connectivity index (χ1n) is 6.52. The molecule has 0 amide bonds. The average molecular weight is 405 g/mol. The molecular formula is C15H21FIN3O. The molecule has 6 heteroatoms. The summed E-state index contributed by atoms with van der Waals surface area (Å²) in [5.41, 5.74) is 7.23. The molecule has 1 aromatic carbocycles. The molecule has 0 saturated heterocycles. The number of nitrogens with two attached hydrogens (primary N) is 1. The quantitative estimate of drug-likeness (QED) is 0.455. The third-order valence-electron chi connectivity index (χ3n) is 2.89. The molecule has 0 unspecified atom stereocenters. The number of fused-ring (bicyclic) bond motifs is 1. The molecule has 1 aromatic heterocycles. The third kappa shape index (κ3) is 4.59. The molecule has 116 valence electrons. The number of hydrogen-bond acceptors (Lipinski definition) is 2. The molecule has 0 fully saturated rings. The summed E-state index contributed by atoms with van der Waals surface area (Å²) in [7, 11) is 0. The number of nitrogens with one attached hydrogen (secondary N) is 1. The van der Waals surface area contributed by atoms with E-state index in [1.54, 1.807) is 6.07 Å². The van der Waals surface area contributed by atoms with E-state index in [0.29, 0.717) is 23.8 Å². The predicted molar refractivity (Wildman–Crippen MR) is 94.5 cm³/mol. The Hall–Kier alpha value is -1.31. The molecule has 0 atom stereocenters. The Bertz CT molecular complexity index is 659. The van der Waals surface area contributed by atoms with Crippen molar-refractivity contribution in [2.45, 2.75) is 39.8 Å². The average Bonchev–Trinajstić information content (AvgIpc) is 2.62. The number of aliphatic imine (C=N–C) groups is 1. The van der Waals surface area contributed by atoms with E-state index < -0.39 is 0 Å². The first-order chi connectivity index (χ1) is 9.26. The van der Waals surface area contributed by atoms with Crippen molar-refractivity contribution < 1.29 is 8.81 Å². The summed E-state index contributed by atoms with van der Waals surface area (Å²) in [4.78, 5) is 4.25. The van der Waals surface area contributed by atoms with Crippen LogP contribution in [-0.2, 0) is 6.54 Å². The minimum Gasteiger partial charge on any atom is -0.459 e. The first kappa shape index (κ1) is 17.7. The summed E-state index contributed by atoms with van der Waals surface area (Å²) < 4.78 is 18.9. The second kappa shape index (κ2) is 6.64. The van der Waals surface area contributed by atoms with E-state index in [2.05, 4.69) is 10.3 Å². The molecule has 0 spiro atoms. The zero-order valence-electron chi connectivity index (χ0n) is 12.7. The fourth-order valence-electron chi connectivity index (χ4n) is 1.98. The highest BCUT2D eigenvalue weighted by Crippen LogP contribution is 2.26. The zero-order chi connectivity index (χ0) is 14.9. The van der Waals surface area contributed by atoms with E-state index in [4.69, 9.17) is 10.2 Å². The third-order valence-corrected chi connectivity index (χ3v) is 2.89. The van der Waals surface area contributed by atoms with Gasteiger partial charge in [0.05, 0.1) is 0 Å². The van der Waals surface area contributed by atoms with Crippen LogP contribution in [0, 0.1) is 12.7 Å². The van der Waals surface area contributed by atoms with Crippen LogP contribution < -0.4 is 11.1 Å². The lowest BCUT2D eigenvalue weighted by atomic mass is 10.1. The van der Waals surface area contributed by atoms with Gasteiger partial charge in [-0.05, 0) is 45.9 Å². The van der Waals surface area contributed by atoms with Crippen LogP contribution in [0.25, 0.3) is 11.0 Å². The molecule has 0 bridgehead atoms. The summed E-state index contributed by atoms with van der Waals surface area (Å²) >= 11 is 0. The van der Waals surface area contributed by atoms with E-state index in [1.807, 2.05) is 27.7 Å². The Morgan fingerprint density at radius 1 is 1.38 bits per heavy atom. The number of nitrogens with zero attached hydrogens (tertiary/aromatic N) is 1. The smallest absolute Gasteiger partial charge is 0.189 e. The van der Waals surface area contributed by atoms with Gasteiger partial charge in [-0.3, -0.25) is 0 Å². The van der Waals surface area contributed by atoms with Crippen molar-refractivity contribution in [3.05, 3.63) is 35.3 Å². The maximum absolute atomic E-state index is 13.2. The second-order valence-corrected chi connectivity index (χ2v) is 5.87. The molecule has 0 saturated carbocycles. The van der Waals surface area contributed by atoms with Crippen molar-refractivity contribution in [2.75, 3.05) is 0 Å². The van der Waals surface area contributed by atoms with Crippen LogP contribution in [0.15, 0.2) is 27.6 Å². The minimum absolute atomic E-state index is 0. The van der Waals surface area contributed by atoms with Crippen LogP contribution in [-0.4, -0.2) is 11.5 Å². The van der Waals surface area contributed by atoms with Crippen molar-refractivity contribution in [3.8, 4) is 0 Å². The Labute approximate surface area is 141 Å². The second-order valence-electron chi connectivity index (χ2n) is 5.87. The number of benzene rings is 1. The van der Waals surface area contributed by atoms with Gasteiger partial charge in [-0.15, -0.1) is 24.0 Å². The first-order valence-corrected chi connectivity index (χ1v) is 6.52. The Kier molecular flexibility index (Phi) is 5.61. The van der Waals surface area contributed by atoms with Crippen molar-refractivity contribution in [2.24, 2.45) is 10.7 Å². The van der Waals surface area contributed by atoms with Gasteiger partial charge in [0.1, 0.15) is 23.7 Å². The molecule has 0 aliphatic heterocycles. The Morgan fingerprint density at radius 2 is 2.05 bits per heavy atom. The van der Waals surface area contributed by atoms with Gasteiger partial charge in [0.2, 0.25) is 0 Å². The lowest BCUT2D eigenvalue weighted by Gasteiger charge is -2.20. The van der Waals surface area contributed by atoms with Crippen LogP contribution >= 0.6 is 24.0 Å². The van der Waals surface area contributed by atoms with Gasteiger partial charge in [-0.25, -0.2) is 9.38 Å². The highest BCUT2D eigenvalue weighted by Gasteiger charge is 2.12. The van der Waals surface area contributed by atoms with Crippen molar-refractivity contribution in [1.82, 2.24) is 5.32 Å². The van der Waals surface area contributed by atoms with E-state index >= 15 is 0 Å². The van der Waals surface area contributed by atoms with Gasteiger partial charge >= 0.3 is 0 Å². The summed E-state index contributed by atoms with van der Waals surface area (Å²) in [5.74, 6) is 0.790. The maximum atomic E-state index is 13.2. The van der Waals surface area contributed by atoms with Gasteiger partial charge in [0.15, 0.2) is 5.96 Å². The molecule has 2 rings (SSSR count). The van der Waals surface area contributed by atoms with E-state index in [1.165, 1.54) is 12.1 Å². The lowest BCUT2D eigenvalue weighted by Crippen LogP contribution is -2.44. The molecular weight excluding hydrogens is 384 g/mol. The molecule has 3 N–H and O–H groups in total. The molecule has 0 aliphatic rings. The van der Waals surface area contributed by atoms with Gasteiger partial charge < -0.3 is 15.5 Å². The number of halogens is 2. The summed E-state index contributed by atoms with van der Waals surface area (Å²) in [6.07, 6.45) is 0. The van der Waals surface area contributed by atoms with Crippen LogP contribution in [0.4, 0.5) is 4.39 Å². The van der Waals surface area contributed by atoms with Crippen molar-refractivity contribution in [3.63, 3.8) is 0 Å². The zero-order valence-corrected chi connectivity index (χ0v) is 15.0. The van der Waals surface area contributed by atoms with E-state index in [-0.39, 0.29) is 35.3 Å². The largest absolute Gasteiger partial charge is 0.459 e. The normalized spacial score (nSPS) is 12.3. The van der Waals surface area contributed by atoms with Gasteiger partial charge in [-0.2, -0.15) is 0 Å². The maximum Gasteiger partial charge on any atom is 0.189 e. The lowest BCUT2D eigenvalue weighted by molar-refractivity contribution is 0.505. The number of furan rings is 1. The van der Waals surface area contributed by atoms with Crippen molar-refractivity contribution in [1.29, 1.82) is 0 Å². The molecule has 0 aliphatic carbocycles.